The van der Waals surface area contributed by atoms with Gasteiger partial charge in [-0.3, -0.25) is 24.3 Å². The molecule has 0 spiro atoms. The number of aromatic nitrogens is 1. The number of carbonyl (C=O) groups excluding carboxylic acids is 4. The molecule has 1 aromatic heterocycles. The molecule has 0 saturated carbocycles. The molecular formula is C26H37N7O6S2. The number of carbonyl (C=O) groups is 4. The van der Waals surface area contributed by atoms with Gasteiger partial charge in [0.1, 0.15) is 16.7 Å². The third-order valence-corrected chi connectivity index (χ3v) is 10.3. The van der Waals surface area contributed by atoms with Gasteiger partial charge in [0.25, 0.3) is 5.91 Å². The number of ether oxygens (including phenoxy) is 1. The van der Waals surface area contributed by atoms with Crippen LogP contribution in [0.5, 0.6) is 0 Å². The molecule has 13 nitrogen and oxygen atoms in total. The maximum atomic E-state index is 14.1. The van der Waals surface area contributed by atoms with Crippen LogP contribution in [0.15, 0.2) is 10.4 Å². The van der Waals surface area contributed by atoms with Gasteiger partial charge < -0.3 is 30.7 Å². The molecule has 15 heteroatoms. The fraction of sp³-hybridized carbons (Fsp3) is 0.692. The number of aliphatic imine (C=N–C) groups is 1. The number of fused-ring (bicyclic) bond motifs is 7. The van der Waals surface area contributed by atoms with E-state index in [9.17, 15) is 24.3 Å². The number of hydrogen-bond acceptors (Lipinski definition) is 10. The molecule has 0 aromatic carbocycles. The van der Waals surface area contributed by atoms with Crippen molar-refractivity contribution in [1.82, 2.24) is 30.7 Å². The van der Waals surface area contributed by atoms with Crippen molar-refractivity contribution in [3.05, 3.63) is 16.1 Å². The number of aliphatic hydroxyl groups is 1. The van der Waals surface area contributed by atoms with E-state index in [2.05, 4.69) is 25.9 Å². The van der Waals surface area contributed by atoms with Gasteiger partial charge in [0, 0.05) is 30.6 Å². The minimum absolute atomic E-state index is 0.0312. The first-order valence-corrected chi connectivity index (χ1v) is 15.8. The number of thiazole rings is 1. The fourth-order valence-electron chi connectivity index (χ4n) is 5.55. The molecule has 0 radical (unpaired) electrons. The normalized spacial score (nSPS) is 35.4. The van der Waals surface area contributed by atoms with Crippen molar-refractivity contribution in [1.29, 1.82) is 0 Å². The topological polar surface area (TPSA) is 166 Å². The summed E-state index contributed by atoms with van der Waals surface area (Å²) < 4.78 is 5.86. The van der Waals surface area contributed by atoms with Crippen LogP contribution in [0.25, 0.3) is 0 Å². The van der Waals surface area contributed by atoms with Gasteiger partial charge in [-0.15, -0.1) is 23.1 Å². The predicted octanol–water partition coefficient (Wildman–Crippen LogP) is 1.06. The molecule has 4 aliphatic rings. The Morgan fingerprint density at radius 1 is 1.22 bits per heavy atom. The Hall–Kier alpha value is -2.75. The smallest absolute Gasteiger partial charge is 0.321 e. The Kier molecular flexibility index (Phi) is 8.34. The van der Waals surface area contributed by atoms with Gasteiger partial charge >= 0.3 is 6.03 Å². The van der Waals surface area contributed by atoms with Crippen LogP contribution in [0.4, 0.5) is 4.79 Å². The summed E-state index contributed by atoms with van der Waals surface area (Å²) in [5, 5.41) is 23.1. The minimum Gasteiger partial charge on any atom is -0.376 e. The highest BCUT2D eigenvalue weighted by Crippen LogP contribution is 2.42. The molecule has 8 atom stereocenters. The zero-order valence-electron chi connectivity index (χ0n) is 23.7. The van der Waals surface area contributed by atoms with Crippen molar-refractivity contribution in [2.24, 2.45) is 10.9 Å². The number of likely N-dealkylation sites (N-methyl/N-ethyl adjacent to an activating group) is 1. The van der Waals surface area contributed by atoms with E-state index < -0.39 is 42.0 Å². The largest absolute Gasteiger partial charge is 0.376 e. The summed E-state index contributed by atoms with van der Waals surface area (Å²) in [6.45, 7) is 7.90. The Morgan fingerprint density at radius 3 is 2.71 bits per heavy atom. The van der Waals surface area contributed by atoms with E-state index in [1.807, 2.05) is 27.7 Å². The van der Waals surface area contributed by atoms with Crippen LogP contribution in [0.3, 0.4) is 0 Å². The highest BCUT2D eigenvalue weighted by Gasteiger charge is 2.63. The minimum atomic E-state index is -1.66. The summed E-state index contributed by atoms with van der Waals surface area (Å²) in [5.74, 6) is -0.527. The van der Waals surface area contributed by atoms with E-state index in [1.165, 1.54) is 39.9 Å². The molecule has 1 aromatic rings. The average molecular weight is 608 g/mol. The number of thioether (sulfide) groups is 1. The van der Waals surface area contributed by atoms with E-state index in [0.29, 0.717) is 15.8 Å². The van der Waals surface area contributed by atoms with Crippen LogP contribution in [-0.4, -0.2) is 104 Å². The van der Waals surface area contributed by atoms with Crippen LogP contribution >= 0.6 is 23.1 Å². The highest BCUT2D eigenvalue weighted by atomic mass is 32.2. The zero-order valence-corrected chi connectivity index (χ0v) is 25.4. The van der Waals surface area contributed by atoms with Crippen LogP contribution in [-0.2, 0) is 14.3 Å². The van der Waals surface area contributed by atoms with Gasteiger partial charge in [0.15, 0.2) is 11.9 Å². The van der Waals surface area contributed by atoms with E-state index in [4.69, 9.17) is 4.74 Å². The van der Waals surface area contributed by atoms with Gasteiger partial charge in [-0.25, -0.2) is 9.78 Å². The average Bonchev–Trinajstić information content (AvgIpc) is 3.70. The first kappa shape index (κ1) is 29.7. The monoisotopic (exact) mass is 607 g/mol. The van der Waals surface area contributed by atoms with Crippen LogP contribution < -0.4 is 16.0 Å². The lowest BCUT2D eigenvalue weighted by Crippen LogP contribution is -2.53. The van der Waals surface area contributed by atoms with Crippen molar-refractivity contribution >= 4 is 51.9 Å². The molecule has 224 valence electrons. The Morgan fingerprint density at radius 2 is 1.98 bits per heavy atom. The van der Waals surface area contributed by atoms with Gasteiger partial charge in [0.2, 0.25) is 11.8 Å². The molecule has 2 fully saturated rings. The molecule has 0 aliphatic carbocycles. The standard InChI is InChI=1S/C26H37N7O6S2/c1-6-12(2)19-22-29-16(11-41-22)23(36)33-17(8-26(38)24(33)31-25(37)32(26)5)21-28-15(10-40-21)20(35)27-13(3)9-39-14(4)7-18(34)30-19/h11-15,17,19,24,38H,6-10H2,1-5H3,(H,27,35)(H,30,34)(H,31,37)/t12-,13-,14?,15?,17-,19-,24-,26-/m0/s1. The Balaban J connectivity index is 1.53. The molecule has 5 heterocycles. The number of rotatable bonds is 2. The number of nitrogens with zero attached hydrogens (tertiary/aromatic N) is 4. The van der Waals surface area contributed by atoms with E-state index >= 15 is 0 Å². The number of nitrogens with one attached hydrogen (secondary N) is 3. The second kappa shape index (κ2) is 11.5. The van der Waals surface area contributed by atoms with Crippen molar-refractivity contribution in [2.75, 3.05) is 19.4 Å². The van der Waals surface area contributed by atoms with Gasteiger partial charge in [-0.2, -0.15) is 0 Å². The summed E-state index contributed by atoms with van der Waals surface area (Å²) in [4.78, 5) is 64.5. The molecule has 5 amide bonds. The first-order chi connectivity index (χ1) is 19.4. The van der Waals surface area contributed by atoms with Crippen molar-refractivity contribution < 1.29 is 29.0 Å². The third-order valence-electron chi connectivity index (χ3n) is 8.21. The molecule has 5 rings (SSSR count). The Bertz CT molecular complexity index is 1260. The van der Waals surface area contributed by atoms with Crippen LogP contribution in [0, 0.1) is 5.92 Å². The van der Waals surface area contributed by atoms with E-state index in [1.54, 1.807) is 5.38 Å². The van der Waals surface area contributed by atoms with Crippen LogP contribution in [0.2, 0.25) is 0 Å². The number of urea groups is 1. The van der Waals surface area contributed by atoms with Crippen LogP contribution in [0.1, 0.15) is 68.5 Å². The predicted molar refractivity (Wildman–Crippen MR) is 153 cm³/mol. The van der Waals surface area contributed by atoms with E-state index in [0.717, 1.165) is 6.42 Å². The second-order valence-corrected chi connectivity index (χ2v) is 13.2. The molecule has 41 heavy (non-hydrogen) atoms. The summed E-state index contributed by atoms with van der Waals surface area (Å²) in [7, 11) is 1.48. The zero-order chi connectivity index (χ0) is 29.6. The number of hydrogen-bond donors (Lipinski definition) is 4. The van der Waals surface area contributed by atoms with Gasteiger partial charge in [0.05, 0.1) is 36.3 Å². The maximum absolute atomic E-state index is 14.1. The lowest BCUT2D eigenvalue weighted by molar-refractivity contribution is -0.126. The Labute approximate surface area is 246 Å². The lowest BCUT2D eigenvalue weighted by atomic mass is 9.99. The van der Waals surface area contributed by atoms with Crippen molar-refractivity contribution in [3.8, 4) is 0 Å². The maximum Gasteiger partial charge on any atom is 0.321 e. The molecule has 4 N–H and O–H groups in total. The summed E-state index contributed by atoms with van der Waals surface area (Å²) in [6.07, 6.45) is -0.474. The molecule has 2 unspecified atom stereocenters. The molecule has 4 aliphatic heterocycles. The van der Waals surface area contributed by atoms with Crippen molar-refractivity contribution in [2.45, 2.75) is 89.1 Å². The first-order valence-electron chi connectivity index (χ1n) is 13.9. The van der Waals surface area contributed by atoms with Gasteiger partial charge in [-0.1, -0.05) is 20.3 Å². The second-order valence-electron chi connectivity index (χ2n) is 11.3. The SMILES string of the molecule is CC[C@H](C)[C@@H]1NC(=O)CC(C)OC[C@H](C)NC(=O)C2CSC(=N2)[C@@H]2C[C@]3(O)[C@@H](NC(=O)N3C)N2C(=O)c2csc1n2. The lowest BCUT2D eigenvalue weighted by Gasteiger charge is -2.30. The summed E-state index contributed by atoms with van der Waals surface area (Å²) >= 11 is 2.64. The summed E-state index contributed by atoms with van der Waals surface area (Å²) in [6, 6.07) is -2.58. The molecular weight excluding hydrogens is 570 g/mol. The fourth-order valence-corrected chi connectivity index (χ4v) is 7.67. The molecule has 4 bridgehead atoms. The van der Waals surface area contributed by atoms with E-state index in [-0.39, 0.29) is 55.0 Å². The summed E-state index contributed by atoms with van der Waals surface area (Å²) in [5.41, 5.74) is -1.51. The van der Waals surface area contributed by atoms with Gasteiger partial charge in [-0.05, 0) is 19.8 Å². The highest BCUT2D eigenvalue weighted by molar-refractivity contribution is 8.14. The molecule has 2 saturated heterocycles. The quantitative estimate of drug-likeness (QED) is 0.388. The number of amides is 5. The third kappa shape index (κ3) is 5.56. The van der Waals surface area contributed by atoms with Crippen molar-refractivity contribution in [3.63, 3.8) is 0 Å².